The summed E-state index contributed by atoms with van der Waals surface area (Å²) >= 11 is 0. The van der Waals surface area contributed by atoms with E-state index in [2.05, 4.69) is 38.8 Å². The molecule has 1 aromatic carbocycles. The van der Waals surface area contributed by atoms with Gasteiger partial charge in [-0.1, -0.05) is 0 Å². The van der Waals surface area contributed by atoms with Crippen molar-refractivity contribution in [2.24, 2.45) is 0 Å². The van der Waals surface area contributed by atoms with Crippen LogP contribution in [0, 0.1) is 6.92 Å². The predicted octanol–water partition coefficient (Wildman–Crippen LogP) is 2.73. The number of nitrogens with zero attached hydrogens (tertiary/aromatic N) is 3. The molecule has 0 radical (unpaired) electrons. The Morgan fingerprint density at radius 3 is 2.79 bits per heavy atom. The number of methoxy groups -OCH3 is 1. The second kappa shape index (κ2) is 7.22. The lowest BCUT2D eigenvalue weighted by molar-refractivity contribution is 0.238. The summed E-state index contributed by atoms with van der Waals surface area (Å²) in [5.41, 5.74) is 5.40. The van der Waals surface area contributed by atoms with Crippen LogP contribution < -0.4 is 15.2 Å². The van der Waals surface area contributed by atoms with E-state index in [0.717, 1.165) is 73.9 Å². The fourth-order valence-corrected chi connectivity index (χ4v) is 4.56. The molecule has 0 aliphatic carbocycles. The maximum atomic E-state index is 12.6. The average Bonchev–Trinajstić information content (AvgIpc) is 3.37. The number of aromatic nitrogens is 3. The van der Waals surface area contributed by atoms with E-state index in [9.17, 15) is 4.79 Å². The van der Waals surface area contributed by atoms with Gasteiger partial charge in [-0.2, -0.15) is 0 Å². The Labute approximate surface area is 169 Å². The highest BCUT2D eigenvalue weighted by Gasteiger charge is 2.24. The maximum Gasteiger partial charge on any atom is 0.255 e. The molecule has 3 aromatic rings. The van der Waals surface area contributed by atoms with Crippen LogP contribution in [0.5, 0.6) is 5.75 Å². The zero-order valence-corrected chi connectivity index (χ0v) is 17.0. The van der Waals surface area contributed by atoms with Gasteiger partial charge in [-0.3, -0.25) is 14.7 Å². The molecule has 2 aliphatic rings. The third kappa shape index (κ3) is 3.29. The van der Waals surface area contributed by atoms with Gasteiger partial charge in [0.25, 0.3) is 5.56 Å². The molecule has 2 aliphatic heterocycles. The lowest BCUT2D eigenvalue weighted by Crippen LogP contribution is -2.36. The minimum absolute atomic E-state index is 0.0328. The van der Waals surface area contributed by atoms with Gasteiger partial charge >= 0.3 is 0 Å². The summed E-state index contributed by atoms with van der Waals surface area (Å²) in [6.07, 6.45) is 3.07. The van der Waals surface area contributed by atoms with Crippen LogP contribution in [0.1, 0.15) is 35.4 Å². The number of aromatic amines is 2. The molecule has 0 amide bonds. The summed E-state index contributed by atoms with van der Waals surface area (Å²) in [4.78, 5) is 28.5. The van der Waals surface area contributed by atoms with Crippen LogP contribution in [-0.2, 0) is 19.5 Å². The minimum Gasteiger partial charge on any atom is -0.497 e. The maximum absolute atomic E-state index is 12.6. The number of benzene rings is 1. The Morgan fingerprint density at radius 2 is 2.00 bits per heavy atom. The lowest BCUT2D eigenvalue weighted by Gasteiger charge is -2.28. The van der Waals surface area contributed by atoms with Gasteiger partial charge in [0.05, 0.1) is 12.8 Å². The van der Waals surface area contributed by atoms with E-state index >= 15 is 0 Å². The smallest absolute Gasteiger partial charge is 0.255 e. The number of H-pyrrole nitrogens is 2. The van der Waals surface area contributed by atoms with Crippen LogP contribution in [0.4, 0.5) is 5.95 Å². The number of hydrogen-bond acceptors (Lipinski definition) is 5. The number of fused-ring (bicyclic) bond motifs is 2. The zero-order valence-electron chi connectivity index (χ0n) is 17.0. The van der Waals surface area contributed by atoms with Crippen LogP contribution in [0.25, 0.3) is 10.9 Å². The van der Waals surface area contributed by atoms with E-state index in [-0.39, 0.29) is 5.56 Å². The van der Waals surface area contributed by atoms with Gasteiger partial charge in [0.15, 0.2) is 0 Å². The van der Waals surface area contributed by atoms with E-state index < -0.39 is 0 Å². The first-order valence-electron chi connectivity index (χ1n) is 10.4. The molecule has 4 heterocycles. The summed E-state index contributed by atoms with van der Waals surface area (Å²) in [5, 5.41) is 1.20. The van der Waals surface area contributed by atoms with Crippen molar-refractivity contribution in [2.75, 3.05) is 31.6 Å². The van der Waals surface area contributed by atoms with Crippen molar-refractivity contribution in [3.8, 4) is 5.75 Å². The summed E-state index contributed by atoms with van der Waals surface area (Å²) in [6.45, 7) is 6.49. The monoisotopic (exact) mass is 393 g/mol. The number of rotatable bonds is 4. The Hall–Kier alpha value is -2.80. The Morgan fingerprint density at radius 1 is 1.17 bits per heavy atom. The van der Waals surface area contributed by atoms with Gasteiger partial charge in [-0.25, -0.2) is 4.98 Å². The van der Waals surface area contributed by atoms with Crippen LogP contribution >= 0.6 is 0 Å². The van der Waals surface area contributed by atoms with Crippen LogP contribution in [0.2, 0.25) is 0 Å². The third-order valence-corrected chi connectivity index (χ3v) is 6.30. The summed E-state index contributed by atoms with van der Waals surface area (Å²) in [7, 11) is 1.69. The van der Waals surface area contributed by atoms with Crippen LogP contribution in [0.15, 0.2) is 23.0 Å². The van der Waals surface area contributed by atoms with Crippen molar-refractivity contribution in [3.05, 3.63) is 51.1 Å². The second-order valence-corrected chi connectivity index (χ2v) is 8.11. The van der Waals surface area contributed by atoms with E-state index in [4.69, 9.17) is 9.72 Å². The van der Waals surface area contributed by atoms with Crippen molar-refractivity contribution in [3.63, 3.8) is 0 Å². The molecule has 0 unspecified atom stereocenters. The number of anilines is 1. The molecule has 2 N–H and O–H groups in total. The number of ether oxygens (including phenoxy) is 1. The molecule has 5 rings (SSSR count). The average molecular weight is 393 g/mol. The normalized spacial score (nSPS) is 17.1. The largest absolute Gasteiger partial charge is 0.497 e. The first-order valence-corrected chi connectivity index (χ1v) is 10.4. The number of hydrogen-bond donors (Lipinski definition) is 2. The van der Waals surface area contributed by atoms with Gasteiger partial charge in [-0.15, -0.1) is 0 Å². The summed E-state index contributed by atoms with van der Waals surface area (Å²) in [5.74, 6) is 1.61. The van der Waals surface area contributed by atoms with Crippen molar-refractivity contribution < 1.29 is 4.74 Å². The Kier molecular flexibility index (Phi) is 4.54. The van der Waals surface area contributed by atoms with Crippen molar-refractivity contribution >= 4 is 16.9 Å². The fraction of sp³-hybridized carbons (Fsp3) is 0.455. The third-order valence-electron chi connectivity index (χ3n) is 6.30. The molecule has 7 nitrogen and oxygen atoms in total. The molecule has 2 aromatic heterocycles. The second-order valence-electron chi connectivity index (χ2n) is 8.11. The molecule has 1 saturated heterocycles. The van der Waals surface area contributed by atoms with Gasteiger partial charge in [-0.05, 0) is 49.9 Å². The van der Waals surface area contributed by atoms with Gasteiger partial charge in [0.2, 0.25) is 5.95 Å². The predicted molar refractivity (Wildman–Crippen MR) is 114 cm³/mol. The molecule has 29 heavy (non-hydrogen) atoms. The zero-order chi connectivity index (χ0) is 20.0. The lowest BCUT2D eigenvalue weighted by atomic mass is 10.1. The van der Waals surface area contributed by atoms with Gasteiger partial charge < -0.3 is 14.6 Å². The van der Waals surface area contributed by atoms with E-state index in [1.807, 2.05) is 6.07 Å². The summed E-state index contributed by atoms with van der Waals surface area (Å²) in [6, 6.07) is 6.13. The highest BCUT2D eigenvalue weighted by Crippen LogP contribution is 2.28. The summed E-state index contributed by atoms with van der Waals surface area (Å²) < 4.78 is 5.37. The van der Waals surface area contributed by atoms with E-state index in [1.165, 1.54) is 16.6 Å². The Bertz CT molecular complexity index is 1110. The van der Waals surface area contributed by atoms with Gasteiger partial charge in [0.1, 0.15) is 5.75 Å². The quantitative estimate of drug-likeness (QED) is 0.713. The number of nitrogens with one attached hydrogen (secondary N) is 2. The van der Waals surface area contributed by atoms with Crippen molar-refractivity contribution in [1.29, 1.82) is 0 Å². The van der Waals surface area contributed by atoms with E-state index in [1.54, 1.807) is 7.11 Å². The molecule has 0 atom stereocenters. The molecular formula is C22H27N5O2. The van der Waals surface area contributed by atoms with Crippen molar-refractivity contribution in [2.45, 2.75) is 39.3 Å². The fourth-order valence-electron chi connectivity index (χ4n) is 4.56. The van der Waals surface area contributed by atoms with Crippen LogP contribution in [-0.4, -0.2) is 46.6 Å². The van der Waals surface area contributed by atoms with Gasteiger partial charge in [0, 0.05) is 54.9 Å². The molecular weight excluding hydrogens is 366 g/mol. The topological polar surface area (TPSA) is 77.2 Å². The molecule has 0 saturated carbocycles. The first-order chi connectivity index (χ1) is 14.1. The first kappa shape index (κ1) is 18.2. The molecule has 0 bridgehead atoms. The number of aryl methyl sites for hydroxylation is 1. The standard InChI is InChI=1S/C22H27N5O2/c1-14-17-11-15(29-2)5-6-18(17)23-19(14)12-26-10-7-16-20(13-26)24-22(25-21(16)28)27-8-3-4-9-27/h5-6,11,23H,3-4,7-10,12-13H2,1-2H3,(H,24,25,28). The highest BCUT2D eigenvalue weighted by atomic mass is 16.5. The van der Waals surface area contributed by atoms with Crippen molar-refractivity contribution in [1.82, 2.24) is 19.9 Å². The molecule has 152 valence electrons. The molecule has 7 heteroatoms. The molecule has 1 fully saturated rings. The molecule has 0 spiro atoms. The highest BCUT2D eigenvalue weighted by molar-refractivity contribution is 5.85. The Balaban J connectivity index is 1.40. The minimum atomic E-state index is 0.0328. The van der Waals surface area contributed by atoms with Crippen LogP contribution in [0.3, 0.4) is 0 Å². The van der Waals surface area contributed by atoms with E-state index in [0.29, 0.717) is 6.54 Å². The SMILES string of the molecule is COc1ccc2[nH]c(CN3CCc4c(nc(N5CCCC5)[nH]c4=O)C3)c(C)c2c1.